The molecular formula is C6H14OSi. The van der Waals surface area contributed by atoms with Crippen molar-refractivity contribution in [2.24, 2.45) is 0 Å². The van der Waals surface area contributed by atoms with Crippen LogP contribution >= 0.6 is 0 Å². The smallest absolute Gasteiger partial charge is 0.0784 e. The summed E-state index contributed by atoms with van der Waals surface area (Å²) in [5, 5.41) is 0. The van der Waals surface area contributed by atoms with Gasteiger partial charge in [0.25, 0.3) is 0 Å². The molecule has 0 aromatic heterocycles. The predicted molar refractivity (Wildman–Crippen MR) is 39.8 cm³/mol. The minimum atomic E-state index is -0.123. The predicted octanol–water partition coefficient (Wildman–Crippen LogP) is 0.681. The van der Waals surface area contributed by atoms with Crippen LogP contribution in [-0.2, 0) is 4.74 Å². The molecule has 0 bridgehead atoms. The molecule has 0 aliphatic heterocycles. The molecule has 0 spiro atoms. The molecule has 1 unspecified atom stereocenters. The van der Waals surface area contributed by atoms with Crippen molar-refractivity contribution in [3.63, 3.8) is 0 Å². The van der Waals surface area contributed by atoms with Crippen LogP contribution in [0.3, 0.4) is 0 Å². The van der Waals surface area contributed by atoms with Crippen LogP contribution in [0.25, 0.3) is 0 Å². The Hall–Kier alpha value is -0.0831. The van der Waals surface area contributed by atoms with E-state index in [-0.39, 0.29) is 9.52 Å². The summed E-state index contributed by atoms with van der Waals surface area (Å²) in [4.78, 5) is 0. The van der Waals surface area contributed by atoms with E-state index in [2.05, 4.69) is 13.5 Å². The van der Waals surface area contributed by atoms with Gasteiger partial charge in [-0.25, -0.2) is 0 Å². The number of hydrogen-bond donors (Lipinski definition) is 0. The van der Waals surface area contributed by atoms with Crippen LogP contribution in [0, 0.1) is 0 Å². The van der Waals surface area contributed by atoms with E-state index in [0.717, 1.165) is 6.61 Å². The lowest BCUT2D eigenvalue weighted by atomic mass is 10.8. The SMILES string of the molecule is C=C[SiH2]C(C)OCC. The fourth-order valence-corrected chi connectivity index (χ4v) is 1.43. The van der Waals surface area contributed by atoms with E-state index in [9.17, 15) is 0 Å². The van der Waals surface area contributed by atoms with Crippen molar-refractivity contribution in [1.29, 1.82) is 0 Å². The van der Waals surface area contributed by atoms with E-state index in [1.54, 1.807) is 0 Å². The van der Waals surface area contributed by atoms with Crippen molar-refractivity contribution in [3.05, 3.63) is 12.3 Å². The zero-order valence-electron chi connectivity index (χ0n) is 5.68. The van der Waals surface area contributed by atoms with Gasteiger partial charge >= 0.3 is 0 Å². The van der Waals surface area contributed by atoms with Gasteiger partial charge in [-0.3, -0.25) is 0 Å². The minimum Gasteiger partial charge on any atom is -0.382 e. The molecule has 0 aliphatic rings. The Morgan fingerprint density at radius 1 is 1.88 bits per heavy atom. The molecule has 0 aliphatic carbocycles. The molecule has 0 N–H and O–H groups in total. The van der Waals surface area contributed by atoms with Gasteiger partial charge in [0.1, 0.15) is 0 Å². The van der Waals surface area contributed by atoms with Gasteiger partial charge in [0, 0.05) is 12.3 Å². The van der Waals surface area contributed by atoms with Gasteiger partial charge < -0.3 is 4.74 Å². The molecule has 2 heteroatoms. The second kappa shape index (κ2) is 5.06. The Bertz CT molecular complexity index is 63.5. The Kier molecular flexibility index (Phi) is 5.01. The van der Waals surface area contributed by atoms with Crippen LogP contribution in [0.15, 0.2) is 12.3 Å². The minimum absolute atomic E-state index is 0.123. The zero-order valence-corrected chi connectivity index (χ0v) is 7.10. The Labute approximate surface area is 53.6 Å². The molecule has 8 heavy (non-hydrogen) atoms. The maximum atomic E-state index is 5.27. The second-order valence-electron chi connectivity index (χ2n) is 1.79. The normalized spacial score (nSPS) is 14.8. The monoisotopic (exact) mass is 130 g/mol. The van der Waals surface area contributed by atoms with E-state index in [4.69, 9.17) is 4.74 Å². The molecule has 0 amide bonds. The summed E-state index contributed by atoms with van der Waals surface area (Å²) in [6, 6.07) is 0. The highest BCUT2D eigenvalue weighted by Crippen LogP contribution is 1.85. The first-order chi connectivity index (χ1) is 3.81. The van der Waals surface area contributed by atoms with Gasteiger partial charge in [-0.1, -0.05) is 0 Å². The summed E-state index contributed by atoms with van der Waals surface area (Å²) >= 11 is 0. The first-order valence-electron chi connectivity index (χ1n) is 3.03. The summed E-state index contributed by atoms with van der Waals surface area (Å²) in [6.07, 6.45) is 0. The molecular weight excluding hydrogens is 116 g/mol. The van der Waals surface area contributed by atoms with Crippen molar-refractivity contribution in [2.45, 2.75) is 19.6 Å². The van der Waals surface area contributed by atoms with E-state index < -0.39 is 0 Å². The molecule has 48 valence electrons. The molecule has 0 fully saturated rings. The van der Waals surface area contributed by atoms with Gasteiger partial charge in [-0.05, 0) is 13.8 Å². The molecule has 0 heterocycles. The number of ether oxygens (including phenoxy) is 1. The van der Waals surface area contributed by atoms with Crippen LogP contribution in [0.1, 0.15) is 13.8 Å². The van der Waals surface area contributed by atoms with Gasteiger partial charge in [0.2, 0.25) is 0 Å². The van der Waals surface area contributed by atoms with Gasteiger partial charge in [-0.2, -0.15) is 0 Å². The Balaban J connectivity index is 3.03. The van der Waals surface area contributed by atoms with Crippen LogP contribution < -0.4 is 0 Å². The summed E-state index contributed by atoms with van der Waals surface area (Å²) < 4.78 is 5.27. The molecule has 0 saturated heterocycles. The fraction of sp³-hybridized carbons (Fsp3) is 0.667. The van der Waals surface area contributed by atoms with Crippen LogP contribution in [0.2, 0.25) is 0 Å². The summed E-state index contributed by atoms with van der Waals surface area (Å²) in [5.41, 5.74) is 2.50. The number of hydrogen-bond acceptors (Lipinski definition) is 1. The highest BCUT2D eigenvalue weighted by Gasteiger charge is 1.94. The topological polar surface area (TPSA) is 9.23 Å². The van der Waals surface area contributed by atoms with Crippen molar-refractivity contribution in [3.8, 4) is 0 Å². The van der Waals surface area contributed by atoms with Gasteiger partial charge in [-0.15, -0.1) is 12.3 Å². The zero-order chi connectivity index (χ0) is 6.41. The third kappa shape index (κ3) is 4.09. The molecule has 0 aromatic rings. The van der Waals surface area contributed by atoms with Gasteiger partial charge in [0.05, 0.1) is 9.52 Å². The van der Waals surface area contributed by atoms with Crippen molar-refractivity contribution >= 4 is 9.52 Å². The highest BCUT2D eigenvalue weighted by molar-refractivity contribution is 6.43. The lowest BCUT2D eigenvalue weighted by molar-refractivity contribution is 0.130. The van der Waals surface area contributed by atoms with E-state index in [0.29, 0.717) is 5.73 Å². The third-order valence-electron chi connectivity index (χ3n) is 0.950. The molecule has 1 nitrogen and oxygen atoms in total. The largest absolute Gasteiger partial charge is 0.382 e. The molecule has 0 rings (SSSR count). The van der Waals surface area contributed by atoms with E-state index in [1.807, 2.05) is 12.6 Å². The summed E-state index contributed by atoms with van der Waals surface area (Å²) in [6.45, 7) is 8.63. The second-order valence-corrected chi connectivity index (χ2v) is 3.99. The molecule has 0 aromatic carbocycles. The summed E-state index contributed by atoms with van der Waals surface area (Å²) in [7, 11) is -0.123. The maximum Gasteiger partial charge on any atom is 0.0784 e. The number of rotatable bonds is 4. The average Bonchev–Trinajstić information content (AvgIpc) is 1.68. The Morgan fingerprint density at radius 2 is 2.50 bits per heavy atom. The molecule has 0 saturated carbocycles. The first-order valence-corrected chi connectivity index (χ1v) is 4.67. The van der Waals surface area contributed by atoms with E-state index in [1.165, 1.54) is 0 Å². The lowest BCUT2D eigenvalue weighted by Gasteiger charge is -2.05. The fourth-order valence-electron chi connectivity index (χ4n) is 0.587. The first kappa shape index (κ1) is 7.92. The van der Waals surface area contributed by atoms with Gasteiger partial charge in [0.15, 0.2) is 0 Å². The molecule has 0 radical (unpaired) electrons. The van der Waals surface area contributed by atoms with Crippen molar-refractivity contribution < 1.29 is 4.74 Å². The molecule has 1 atom stereocenters. The Morgan fingerprint density at radius 3 is 2.88 bits per heavy atom. The lowest BCUT2D eigenvalue weighted by Crippen LogP contribution is -2.14. The standard InChI is InChI=1S/C6H14OSi/c1-4-7-6(3)8-5-2/h5-6H,2,4,8H2,1,3H3. The maximum absolute atomic E-state index is 5.27. The van der Waals surface area contributed by atoms with Crippen molar-refractivity contribution in [2.75, 3.05) is 6.61 Å². The highest BCUT2D eigenvalue weighted by atomic mass is 28.2. The van der Waals surface area contributed by atoms with Crippen molar-refractivity contribution in [1.82, 2.24) is 0 Å². The summed E-state index contributed by atoms with van der Waals surface area (Å²) in [5.74, 6) is 0. The van der Waals surface area contributed by atoms with Crippen LogP contribution in [0.5, 0.6) is 0 Å². The van der Waals surface area contributed by atoms with Crippen LogP contribution in [0.4, 0.5) is 0 Å². The van der Waals surface area contributed by atoms with E-state index >= 15 is 0 Å². The average molecular weight is 130 g/mol. The quantitative estimate of drug-likeness (QED) is 0.509. The van der Waals surface area contributed by atoms with Crippen LogP contribution in [-0.4, -0.2) is 21.9 Å². The third-order valence-corrected chi connectivity index (χ3v) is 2.18.